The normalized spacial score (nSPS) is 18.3. The van der Waals surface area contributed by atoms with E-state index in [9.17, 15) is 4.79 Å². The number of amides is 1. The second-order valence-corrected chi connectivity index (χ2v) is 7.39. The molecule has 25 heavy (non-hydrogen) atoms. The van der Waals surface area contributed by atoms with Crippen LogP contribution in [-0.2, 0) is 17.8 Å². The number of hydrogen-bond acceptors (Lipinski definition) is 4. The minimum absolute atomic E-state index is 0.0765. The molecular formula is C18H24N4O2S. The van der Waals surface area contributed by atoms with Crippen molar-refractivity contribution in [1.82, 2.24) is 20.1 Å². The monoisotopic (exact) mass is 360 g/mol. The number of carbonyl (C=O) groups excluding carboxylic acids is 1. The number of H-pyrrole nitrogens is 1. The summed E-state index contributed by atoms with van der Waals surface area (Å²) in [7, 11) is 0. The molecule has 0 saturated heterocycles. The Bertz CT molecular complexity index is 824. The van der Waals surface area contributed by atoms with Gasteiger partial charge in [-0.05, 0) is 38.6 Å². The lowest BCUT2D eigenvalue weighted by Gasteiger charge is -2.37. The third kappa shape index (κ3) is 3.92. The molecule has 2 N–H and O–H groups in total. The number of rotatable bonds is 5. The van der Waals surface area contributed by atoms with Crippen LogP contribution >= 0.6 is 12.2 Å². The quantitative estimate of drug-likeness (QED) is 0.803. The molecule has 1 amide bonds. The first kappa shape index (κ1) is 17.7. The average molecular weight is 360 g/mol. The number of para-hydroxylation sites is 1. The number of nitrogens with zero attached hydrogens (tertiary/aromatic N) is 2. The summed E-state index contributed by atoms with van der Waals surface area (Å²) >= 11 is 5.25. The van der Waals surface area contributed by atoms with Crippen LogP contribution in [-0.4, -0.2) is 26.3 Å². The van der Waals surface area contributed by atoms with Crippen molar-refractivity contribution in [2.75, 3.05) is 0 Å². The molecule has 1 atom stereocenters. The maximum atomic E-state index is 12.6. The summed E-state index contributed by atoms with van der Waals surface area (Å²) in [4.78, 5) is 12.6. The van der Waals surface area contributed by atoms with Crippen LogP contribution in [0.2, 0.25) is 0 Å². The van der Waals surface area contributed by atoms with Gasteiger partial charge in [0.25, 0.3) is 0 Å². The number of aryl methyl sites for hydroxylation is 1. The van der Waals surface area contributed by atoms with Gasteiger partial charge in [0.05, 0.1) is 6.04 Å². The van der Waals surface area contributed by atoms with Crippen LogP contribution in [0.5, 0.6) is 5.75 Å². The van der Waals surface area contributed by atoms with Crippen LogP contribution in [0.25, 0.3) is 0 Å². The zero-order valence-corrected chi connectivity index (χ0v) is 15.7. The minimum atomic E-state index is -0.328. The highest BCUT2D eigenvalue weighted by Crippen LogP contribution is 2.39. The number of hydrogen-bond donors (Lipinski definition) is 2. The molecule has 1 aliphatic heterocycles. The van der Waals surface area contributed by atoms with Crippen molar-refractivity contribution in [1.29, 1.82) is 0 Å². The Labute approximate surface area is 152 Å². The van der Waals surface area contributed by atoms with Gasteiger partial charge >= 0.3 is 0 Å². The summed E-state index contributed by atoms with van der Waals surface area (Å²) in [5, 5.41) is 10.1. The Morgan fingerprint density at radius 3 is 3.00 bits per heavy atom. The Hall–Kier alpha value is -2.15. The van der Waals surface area contributed by atoms with Gasteiger partial charge in [-0.25, -0.2) is 0 Å². The van der Waals surface area contributed by atoms with E-state index in [0.29, 0.717) is 11.2 Å². The first-order chi connectivity index (χ1) is 11.9. The van der Waals surface area contributed by atoms with Gasteiger partial charge in [0.1, 0.15) is 23.7 Å². The maximum Gasteiger partial charge on any atom is 0.240 e. The fraction of sp³-hybridized carbons (Fsp3) is 0.500. The van der Waals surface area contributed by atoms with E-state index in [1.54, 1.807) is 4.57 Å². The van der Waals surface area contributed by atoms with Gasteiger partial charge in [0.15, 0.2) is 4.77 Å². The van der Waals surface area contributed by atoms with Gasteiger partial charge in [-0.1, -0.05) is 25.1 Å². The molecule has 7 heteroatoms. The molecule has 0 bridgehead atoms. The molecule has 1 aromatic carbocycles. The summed E-state index contributed by atoms with van der Waals surface area (Å²) in [5.41, 5.74) is 0.686. The van der Waals surface area contributed by atoms with E-state index in [-0.39, 0.29) is 24.1 Å². The van der Waals surface area contributed by atoms with Crippen LogP contribution < -0.4 is 10.1 Å². The summed E-state index contributed by atoms with van der Waals surface area (Å²) in [5.74, 6) is 1.57. The number of nitrogens with one attached hydrogen (secondary N) is 2. The van der Waals surface area contributed by atoms with Crippen molar-refractivity contribution in [2.24, 2.45) is 0 Å². The number of aromatic amines is 1. The Morgan fingerprint density at radius 2 is 2.24 bits per heavy atom. The zero-order valence-electron chi connectivity index (χ0n) is 14.8. The number of benzene rings is 1. The van der Waals surface area contributed by atoms with Gasteiger partial charge in [0, 0.05) is 18.4 Å². The molecule has 1 aliphatic rings. The van der Waals surface area contributed by atoms with Crippen molar-refractivity contribution in [3.63, 3.8) is 0 Å². The molecule has 0 aliphatic carbocycles. The Balaban J connectivity index is 1.77. The molecule has 2 aromatic rings. The van der Waals surface area contributed by atoms with Gasteiger partial charge in [-0.2, -0.15) is 5.10 Å². The van der Waals surface area contributed by atoms with Crippen LogP contribution in [0.4, 0.5) is 0 Å². The lowest BCUT2D eigenvalue weighted by atomic mass is 9.89. The standard InChI is InChI=1S/C18H24N4O2S/c1-4-7-15-20-21-17(25)22(15)11-16(23)19-13-10-18(2,3)24-14-9-6-5-8-12(13)14/h5-6,8-9,13H,4,7,10-11H2,1-3H3,(H,19,23)(H,21,25). The summed E-state index contributed by atoms with van der Waals surface area (Å²) in [6, 6.07) is 7.78. The molecule has 1 unspecified atom stereocenters. The minimum Gasteiger partial charge on any atom is -0.487 e. The second-order valence-electron chi connectivity index (χ2n) is 7.00. The van der Waals surface area contributed by atoms with Crippen molar-refractivity contribution in [3.8, 4) is 5.75 Å². The Kier molecular flexibility index (Phi) is 4.94. The fourth-order valence-electron chi connectivity index (χ4n) is 3.24. The zero-order chi connectivity index (χ0) is 18.0. The molecule has 134 valence electrons. The van der Waals surface area contributed by atoms with Crippen LogP contribution in [0.1, 0.15) is 51.0 Å². The largest absolute Gasteiger partial charge is 0.487 e. The van der Waals surface area contributed by atoms with Gasteiger partial charge < -0.3 is 10.1 Å². The first-order valence-corrected chi connectivity index (χ1v) is 9.02. The molecule has 0 radical (unpaired) electrons. The van der Waals surface area contributed by atoms with E-state index < -0.39 is 0 Å². The lowest BCUT2D eigenvalue weighted by Crippen LogP contribution is -2.42. The summed E-state index contributed by atoms with van der Waals surface area (Å²) in [6.07, 6.45) is 2.45. The second kappa shape index (κ2) is 7.00. The highest BCUT2D eigenvalue weighted by molar-refractivity contribution is 7.71. The third-order valence-corrected chi connectivity index (χ3v) is 4.64. The average Bonchev–Trinajstić information content (AvgIpc) is 2.87. The van der Waals surface area contributed by atoms with Crippen molar-refractivity contribution < 1.29 is 9.53 Å². The molecule has 3 rings (SSSR count). The number of ether oxygens (including phenoxy) is 1. The van der Waals surface area contributed by atoms with E-state index in [1.807, 2.05) is 38.1 Å². The lowest BCUT2D eigenvalue weighted by molar-refractivity contribution is -0.123. The Morgan fingerprint density at radius 1 is 1.48 bits per heavy atom. The highest BCUT2D eigenvalue weighted by atomic mass is 32.1. The molecule has 1 aromatic heterocycles. The molecular weight excluding hydrogens is 336 g/mol. The molecule has 6 nitrogen and oxygen atoms in total. The molecule has 0 spiro atoms. The number of carbonyl (C=O) groups is 1. The van der Waals surface area contributed by atoms with Crippen LogP contribution in [0.15, 0.2) is 24.3 Å². The first-order valence-electron chi connectivity index (χ1n) is 8.61. The van der Waals surface area contributed by atoms with Crippen LogP contribution in [0.3, 0.4) is 0 Å². The smallest absolute Gasteiger partial charge is 0.240 e. The SMILES string of the molecule is CCCc1n[nH]c(=S)n1CC(=O)NC1CC(C)(C)Oc2ccccc21. The maximum absolute atomic E-state index is 12.6. The van der Waals surface area contributed by atoms with Crippen molar-refractivity contribution >= 4 is 18.1 Å². The van der Waals surface area contributed by atoms with Gasteiger partial charge in [-0.3, -0.25) is 14.5 Å². The number of fused-ring (bicyclic) bond motifs is 1. The molecule has 0 fully saturated rings. The van der Waals surface area contributed by atoms with E-state index in [0.717, 1.165) is 30.0 Å². The molecule has 2 heterocycles. The summed E-state index contributed by atoms with van der Waals surface area (Å²) < 4.78 is 8.27. The fourth-order valence-corrected chi connectivity index (χ4v) is 3.46. The summed E-state index contributed by atoms with van der Waals surface area (Å²) in [6.45, 7) is 6.31. The van der Waals surface area contributed by atoms with Crippen LogP contribution in [0, 0.1) is 4.77 Å². The van der Waals surface area contributed by atoms with E-state index in [4.69, 9.17) is 17.0 Å². The predicted octanol–water partition coefficient (Wildman–Crippen LogP) is 3.31. The van der Waals surface area contributed by atoms with E-state index >= 15 is 0 Å². The van der Waals surface area contributed by atoms with Crippen molar-refractivity contribution in [2.45, 2.75) is 58.2 Å². The van der Waals surface area contributed by atoms with Gasteiger partial charge in [-0.15, -0.1) is 0 Å². The van der Waals surface area contributed by atoms with E-state index in [1.165, 1.54) is 0 Å². The van der Waals surface area contributed by atoms with E-state index in [2.05, 4.69) is 22.4 Å². The predicted molar refractivity (Wildman–Crippen MR) is 98.1 cm³/mol. The van der Waals surface area contributed by atoms with Crippen molar-refractivity contribution in [3.05, 3.63) is 40.4 Å². The third-order valence-electron chi connectivity index (χ3n) is 4.32. The molecule has 0 saturated carbocycles. The highest BCUT2D eigenvalue weighted by Gasteiger charge is 2.34. The topological polar surface area (TPSA) is 71.9 Å². The van der Waals surface area contributed by atoms with Gasteiger partial charge in [0.2, 0.25) is 5.91 Å². The number of aromatic nitrogens is 3.